The Balaban J connectivity index is 0.000000197. The molecule has 3 aliphatic rings. The van der Waals surface area contributed by atoms with Crippen molar-refractivity contribution >= 4 is 0 Å². The maximum absolute atomic E-state index is 6.07. The van der Waals surface area contributed by atoms with Crippen LogP contribution in [0.25, 0.3) is 0 Å². The summed E-state index contributed by atoms with van der Waals surface area (Å²) >= 11 is 0. The first kappa shape index (κ1) is 22.0. The molecule has 0 aromatic carbocycles. The van der Waals surface area contributed by atoms with E-state index in [0.717, 1.165) is 0 Å². The van der Waals surface area contributed by atoms with Gasteiger partial charge in [0.05, 0.1) is 23.4 Å². The van der Waals surface area contributed by atoms with Gasteiger partial charge in [0.1, 0.15) is 0 Å². The average Bonchev–Trinajstić information content (AvgIpc) is 3.02. The maximum Gasteiger partial charge on any atom is 0.0871 e. The smallest absolute Gasteiger partial charge is 0.0871 e. The molecule has 26 heavy (non-hydrogen) atoms. The fourth-order valence-electron chi connectivity index (χ4n) is 4.82. The summed E-state index contributed by atoms with van der Waals surface area (Å²) in [5.41, 5.74) is 0.899. The third-order valence-corrected chi connectivity index (χ3v) is 7.23. The standard InChI is InChI=1S/C14H24O.C10H20O/c1-11-7-9-14(4,15-11)12-6-5-8-13(2,3)10-12;1-8-6-7-10(5,11-8)9(2,3)4/h7,9,11-12H,5-6,8,10H2,1-4H3;8H,6-7H2,1-5H3. The molecule has 1 saturated heterocycles. The summed E-state index contributed by atoms with van der Waals surface area (Å²) in [7, 11) is 0. The highest BCUT2D eigenvalue weighted by atomic mass is 16.5. The number of hydrogen-bond donors (Lipinski definition) is 0. The monoisotopic (exact) mass is 364 g/mol. The van der Waals surface area contributed by atoms with Crippen LogP contribution in [0.2, 0.25) is 0 Å². The predicted molar refractivity (Wildman–Crippen MR) is 111 cm³/mol. The molecule has 2 heteroatoms. The zero-order chi connectivity index (χ0) is 19.8. The molecule has 0 aromatic heterocycles. The van der Waals surface area contributed by atoms with E-state index in [4.69, 9.17) is 9.47 Å². The Labute approximate surface area is 163 Å². The van der Waals surface area contributed by atoms with Gasteiger partial charge in [0, 0.05) is 0 Å². The van der Waals surface area contributed by atoms with E-state index in [9.17, 15) is 0 Å². The maximum atomic E-state index is 6.07. The van der Waals surface area contributed by atoms with Crippen LogP contribution >= 0.6 is 0 Å². The normalized spacial score (nSPS) is 42.4. The summed E-state index contributed by atoms with van der Waals surface area (Å²) < 4.78 is 12.0. The van der Waals surface area contributed by atoms with Gasteiger partial charge in [0.2, 0.25) is 0 Å². The molecule has 5 atom stereocenters. The molecular weight excluding hydrogens is 320 g/mol. The van der Waals surface area contributed by atoms with E-state index in [1.54, 1.807) is 0 Å². The van der Waals surface area contributed by atoms with Gasteiger partial charge in [0.25, 0.3) is 0 Å². The molecule has 2 aliphatic heterocycles. The summed E-state index contributed by atoms with van der Waals surface area (Å²) in [6.07, 6.45) is 13.1. The Bertz CT molecular complexity index is 501. The summed E-state index contributed by atoms with van der Waals surface area (Å²) in [6.45, 7) is 20.3. The number of rotatable bonds is 1. The van der Waals surface area contributed by atoms with E-state index in [2.05, 4.69) is 74.5 Å². The van der Waals surface area contributed by atoms with Crippen LogP contribution in [-0.4, -0.2) is 23.4 Å². The molecule has 0 spiro atoms. The highest BCUT2D eigenvalue weighted by Crippen LogP contribution is 2.46. The van der Waals surface area contributed by atoms with E-state index in [-0.39, 0.29) is 16.6 Å². The lowest BCUT2D eigenvalue weighted by Crippen LogP contribution is -2.39. The molecule has 3 rings (SSSR count). The molecule has 2 heterocycles. The zero-order valence-corrected chi connectivity index (χ0v) is 18.9. The van der Waals surface area contributed by atoms with Gasteiger partial charge in [0.15, 0.2) is 0 Å². The van der Waals surface area contributed by atoms with E-state index < -0.39 is 0 Å². The fourth-order valence-corrected chi connectivity index (χ4v) is 4.82. The Morgan fingerprint density at radius 2 is 1.58 bits per heavy atom. The lowest BCUT2D eigenvalue weighted by Gasteiger charge is -2.42. The molecule has 0 amide bonds. The molecule has 0 N–H and O–H groups in total. The third-order valence-electron chi connectivity index (χ3n) is 7.23. The molecule has 0 radical (unpaired) electrons. The second-order valence-electron chi connectivity index (χ2n) is 11.3. The topological polar surface area (TPSA) is 18.5 Å². The van der Waals surface area contributed by atoms with Crippen LogP contribution in [0.3, 0.4) is 0 Å². The first-order valence-electron chi connectivity index (χ1n) is 10.8. The predicted octanol–water partition coefficient (Wildman–Crippen LogP) is 6.93. The third kappa shape index (κ3) is 5.13. The van der Waals surface area contributed by atoms with Crippen molar-refractivity contribution in [3.8, 4) is 0 Å². The van der Waals surface area contributed by atoms with Crippen LogP contribution in [0.15, 0.2) is 12.2 Å². The molecule has 5 unspecified atom stereocenters. The van der Waals surface area contributed by atoms with Crippen molar-refractivity contribution in [3.05, 3.63) is 12.2 Å². The Hall–Kier alpha value is -0.340. The average molecular weight is 365 g/mol. The number of ether oxygens (including phenoxy) is 2. The first-order chi connectivity index (χ1) is 11.8. The van der Waals surface area contributed by atoms with Gasteiger partial charge >= 0.3 is 0 Å². The SMILES string of the molecule is CC1C=CC(C)(C2CCCC(C)(C)C2)O1.CC1CCC(C)(C(C)(C)C)O1. The van der Waals surface area contributed by atoms with Crippen LogP contribution < -0.4 is 0 Å². The van der Waals surface area contributed by atoms with Crippen LogP contribution in [0.5, 0.6) is 0 Å². The van der Waals surface area contributed by atoms with Crippen molar-refractivity contribution in [1.82, 2.24) is 0 Å². The van der Waals surface area contributed by atoms with Crippen molar-refractivity contribution in [1.29, 1.82) is 0 Å². The molecule has 0 aromatic rings. The van der Waals surface area contributed by atoms with Crippen LogP contribution in [0, 0.1) is 16.7 Å². The zero-order valence-electron chi connectivity index (χ0n) is 18.9. The molecular formula is C24H44O2. The molecule has 152 valence electrons. The van der Waals surface area contributed by atoms with Gasteiger partial charge in [-0.15, -0.1) is 0 Å². The lowest BCUT2D eigenvalue weighted by molar-refractivity contribution is -0.0900. The van der Waals surface area contributed by atoms with Gasteiger partial charge in [-0.2, -0.15) is 0 Å². The summed E-state index contributed by atoms with van der Waals surface area (Å²) in [5.74, 6) is 0.711. The molecule has 2 nitrogen and oxygen atoms in total. The van der Waals surface area contributed by atoms with Gasteiger partial charge in [-0.05, 0) is 76.5 Å². The van der Waals surface area contributed by atoms with Gasteiger partial charge in [-0.25, -0.2) is 0 Å². The van der Waals surface area contributed by atoms with Crippen LogP contribution in [-0.2, 0) is 9.47 Å². The van der Waals surface area contributed by atoms with Gasteiger partial charge < -0.3 is 9.47 Å². The second-order valence-corrected chi connectivity index (χ2v) is 11.3. The Morgan fingerprint density at radius 1 is 0.923 bits per heavy atom. The minimum Gasteiger partial charge on any atom is -0.372 e. The summed E-state index contributed by atoms with van der Waals surface area (Å²) in [5, 5.41) is 0. The minimum atomic E-state index is 0.0110. The highest BCUT2D eigenvalue weighted by molar-refractivity contribution is 5.12. The Kier molecular flexibility index (Phi) is 6.41. The molecule has 1 saturated carbocycles. The summed E-state index contributed by atoms with van der Waals surface area (Å²) in [6, 6.07) is 0. The summed E-state index contributed by atoms with van der Waals surface area (Å²) in [4.78, 5) is 0. The first-order valence-corrected chi connectivity index (χ1v) is 10.8. The van der Waals surface area contributed by atoms with E-state index >= 15 is 0 Å². The van der Waals surface area contributed by atoms with Crippen LogP contribution in [0.4, 0.5) is 0 Å². The van der Waals surface area contributed by atoms with Crippen molar-refractivity contribution < 1.29 is 9.47 Å². The van der Waals surface area contributed by atoms with Crippen molar-refractivity contribution in [2.24, 2.45) is 16.7 Å². The van der Waals surface area contributed by atoms with E-state index in [0.29, 0.717) is 23.5 Å². The van der Waals surface area contributed by atoms with Crippen LogP contribution in [0.1, 0.15) is 101 Å². The van der Waals surface area contributed by atoms with Gasteiger partial charge in [-0.3, -0.25) is 0 Å². The highest BCUT2D eigenvalue weighted by Gasteiger charge is 2.43. The quantitative estimate of drug-likeness (QED) is 0.470. The van der Waals surface area contributed by atoms with E-state index in [1.165, 1.54) is 38.5 Å². The van der Waals surface area contributed by atoms with Crippen molar-refractivity contribution in [2.45, 2.75) is 124 Å². The second kappa shape index (κ2) is 7.59. The minimum absolute atomic E-state index is 0.0110. The largest absolute Gasteiger partial charge is 0.372 e. The lowest BCUT2D eigenvalue weighted by atomic mass is 9.67. The van der Waals surface area contributed by atoms with Gasteiger partial charge in [-0.1, -0.05) is 53.2 Å². The molecule has 0 bridgehead atoms. The fraction of sp³-hybridized carbons (Fsp3) is 0.917. The molecule has 1 aliphatic carbocycles. The number of hydrogen-bond acceptors (Lipinski definition) is 2. The molecule has 2 fully saturated rings. The van der Waals surface area contributed by atoms with Crippen molar-refractivity contribution in [3.63, 3.8) is 0 Å². The van der Waals surface area contributed by atoms with E-state index in [1.807, 2.05) is 0 Å². The Morgan fingerprint density at radius 3 is 1.96 bits per heavy atom. The van der Waals surface area contributed by atoms with Crippen molar-refractivity contribution in [2.75, 3.05) is 0 Å².